The highest BCUT2D eigenvalue weighted by molar-refractivity contribution is 9.10. The molecule has 0 heterocycles. The Morgan fingerprint density at radius 2 is 2.11 bits per heavy atom. The van der Waals surface area contributed by atoms with Crippen molar-refractivity contribution in [1.29, 1.82) is 0 Å². The van der Waals surface area contributed by atoms with Gasteiger partial charge in [-0.25, -0.2) is 4.79 Å². The Morgan fingerprint density at radius 3 is 2.74 bits per heavy atom. The standard InChI is InChI=1S/C14H14BrNO3/c15-10-6-7-12(11(8-10)14(18)19)16-13(17)9-4-2-1-3-5-9/h1-2,6-9H,3-5H2,(H,16,17)(H,18,19). The number of anilines is 1. The van der Waals surface area contributed by atoms with Gasteiger partial charge in [-0.1, -0.05) is 28.1 Å². The van der Waals surface area contributed by atoms with E-state index in [2.05, 4.69) is 27.3 Å². The van der Waals surface area contributed by atoms with E-state index in [0.29, 0.717) is 16.6 Å². The van der Waals surface area contributed by atoms with Crippen molar-refractivity contribution in [2.24, 2.45) is 5.92 Å². The first-order chi connectivity index (χ1) is 9.08. The number of benzene rings is 1. The Kier molecular flexibility index (Phi) is 4.37. The van der Waals surface area contributed by atoms with Crippen molar-refractivity contribution in [3.63, 3.8) is 0 Å². The van der Waals surface area contributed by atoms with Crippen molar-refractivity contribution in [3.8, 4) is 0 Å². The van der Waals surface area contributed by atoms with Crippen molar-refractivity contribution in [2.45, 2.75) is 19.3 Å². The number of carbonyl (C=O) groups excluding carboxylic acids is 1. The molecule has 2 rings (SSSR count). The van der Waals surface area contributed by atoms with Gasteiger partial charge in [0.1, 0.15) is 0 Å². The lowest BCUT2D eigenvalue weighted by atomic mass is 9.93. The maximum atomic E-state index is 12.1. The third kappa shape index (κ3) is 3.44. The fourth-order valence-corrected chi connectivity index (χ4v) is 2.43. The first-order valence-electron chi connectivity index (χ1n) is 6.06. The van der Waals surface area contributed by atoms with Crippen LogP contribution in [-0.2, 0) is 4.79 Å². The molecule has 1 aliphatic carbocycles. The van der Waals surface area contributed by atoms with Gasteiger partial charge >= 0.3 is 5.97 Å². The van der Waals surface area contributed by atoms with Crippen molar-refractivity contribution in [2.75, 3.05) is 5.32 Å². The maximum Gasteiger partial charge on any atom is 0.337 e. The zero-order valence-electron chi connectivity index (χ0n) is 10.2. The molecule has 1 amide bonds. The summed E-state index contributed by atoms with van der Waals surface area (Å²) in [7, 11) is 0. The Bertz CT molecular complexity index is 539. The monoisotopic (exact) mass is 323 g/mol. The molecule has 1 aromatic carbocycles. The number of rotatable bonds is 3. The van der Waals surface area contributed by atoms with E-state index in [9.17, 15) is 9.59 Å². The van der Waals surface area contributed by atoms with Gasteiger partial charge in [0, 0.05) is 10.4 Å². The molecular formula is C14H14BrNO3. The number of hydrogen-bond acceptors (Lipinski definition) is 2. The summed E-state index contributed by atoms with van der Waals surface area (Å²) >= 11 is 3.22. The number of aromatic carboxylic acids is 1. The van der Waals surface area contributed by atoms with Crippen molar-refractivity contribution >= 4 is 33.5 Å². The number of carboxylic acids is 1. The number of nitrogens with one attached hydrogen (secondary N) is 1. The molecule has 19 heavy (non-hydrogen) atoms. The minimum Gasteiger partial charge on any atom is -0.478 e. The first kappa shape index (κ1) is 13.8. The van der Waals surface area contributed by atoms with Gasteiger partial charge in [-0.2, -0.15) is 0 Å². The number of carbonyl (C=O) groups is 2. The van der Waals surface area contributed by atoms with E-state index in [1.54, 1.807) is 12.1 Å². The molecule has 4 nitrogen and oxygen atoms in total. The van der Waals surface area contributed by atoms with Crippen LogP contribution >= 0.6 is 15.9 Å². The highest BCUT2D eigenvalue weighted by atomic mass is 79.9. The second-order valence-corrected chi connectivity index (χ2v) is 5.38. The molecule has 1 atom stereocenters. The van der Waals surface area contributed by atoms with Gasteiger partial charge in [0.25, 0.3) is 0 Å². The maximum absolute atomic E-state index is 12.1. The molecule has 1 aliphatic rings. The lowest BCUT2D eigenvalue weighted by Gasteiger charge is -2.18. The fraction of sp³-hybridized carbons (Fsp3) is 0.286. The molecule has 1 aromatic rings. The third-order valence-electron chi connectivity index (χ3n) is 3.11. The highest BCUT2D eigenvalue weighted by Gasteiger charge is 2.20. The quantitative estimate of drug-likeness (QED) is 0.837. The van der Waals surface area contributed by atoms with Crippen LogP contribution in [0.1, 0.15) is 29.6 Å². The number of hydrogen-bond donors (Lipinski definition) is 2. The Balaban J connectivity index is 2.16. The molecule has 0 bridgehead atoms. The molecule has 0 fully saturated rings. The molecule has 0 saturated heterocycles. The second-order valence-electron chi connectivity index (χ2n) is 4.47. The van der Waals surface area contributed by atoms with Crippen LogP contribution in [0, 0.1) is 5.92 Å². The van der Waals surface area contributed by atoms with E-state index in [4.69, 9.17) is 5.11 Å². The molecule has 2 N–H and O–H groups in total. The average molecular weight is 324 g/mol. The summed E-state index contributed by atoms with van der Waals surface area (Å²) < 4.78 is 0.670. The molecule has 0 saturated carbocycles. The molecule has 1 unspecified atom stereocenters. The SMILES string of the molecule is O=C(O)c1cc(Br)ccc1NC(=O)C1CC=CCC1. The zero-order valence-corrected chi connectivity index (χ0v) is 11.8. The van der Waals surface area contributed by atoms with E-state index < -0.39 is 5.97 Å². The molecule has 0 aromatic heterocycles. The number of allylic oxidation sites excluding steroid dienone is 2. The van der Waals surface area contributed by atoms with Gasteiger partial charge in [0.15, 0.2) is 0 Å². The molecule has 5 heteroatoms. The lowest BCUT2D eigenvalue weighted by molar-refractivity contribution is -0.120. The summed E-state index contributed by atoms with van der Waals surface area (Å²) in [6.45, 7) is 0. The van der Waals surface area contributed by atoms with Crippen LogP contribution in [0.4, 0.5) is 5.69 Å². The average Bonchev–Trinajstić information content (AvgIpc) is 2.41. The van der Waals surface area contributed by atoms with E-state index >= 15 is 0 Å². The smallest absolute Gasteiger partial charge is 0.337 e. The van der Waals surface area contributed by atoms with Gasteiger partial charge in [-0.15, -0.1) is 0 Å². The van der Waals surface area contributed by atoms with E-state index in [-0.39, 0.29) is 17.4 Å². The predicted molar refractivity (Wildman–Crippen MR) is 76.2 cm³/mol. The van der Waals surface area contributed by atoms with Gasteiger partial charge in [0.2, 0.25) is 5.91 Å². The molecule has 100 valence electrons. The van der Waals surface area contributed by atoms with Gasteiger partial charge < -0.3 is 10.4 Å². The molecule has 0 radical (unpaired) electrons. The fourth-order valence-electron chi connectivity index (χ4n) is 2.07. The van der Waals surface area contributed by atoms with Crippen molar-refractivity contribution in [1.82, 2.24) is 0 Å². The van der Waals surface area contributed by atoms with Crippen LogP contribution in [0.25, 0.3) is 0 Å². The summed E-state index contributed by atoms with van der Waals surface area (Å²) in [4.78, 5) is 23.2. The first-order valence-corrected chi connectivity index (χ1v) is 6.86. The summed E-state index contributed by atoms with van der Waals surface area (Å²) in [6.07, 6.45) is 6.47. The van der Waals surface area contributed by atoms with E-state index in [0.717, 1.165) is 12.8 Å². The zero-order chi connectivity index (χ0) is 13.8. The molecule has 0 aliphatic heterocycles. The van der Waals surface area contributed by atoms with Crippen LogP contribution < -0.4 is 5.32 Å². The molecular weight excluding hydrogens is 310 g/mol. The summed E-state index contributed by atoms with van der Waals surface area (Å²) in [6, 6.07) is 4.80. The second kappa shape index (κ2) is 6.02. The van der Waals surface area contributed by atoms with Crippen LogP contribution in [0.2, 0.25) is 0 Å². The van der Waals surface area contributed by atoms with Crippen LogP contribution in [0.15, 0.2) is 34.8 Å². The van der Waals surface area contributed by atoms with Gasteiger partial charge in [-0.05, 0) is 37.5 Å². The summed E-state index contributed by atoms with van der Waals surface area (Å²) in [5.41, 5.74) is 0.435. The Labute approximate surface area is 119 Å². The van der Waals surface area contributed by atoms with Crippen molar-refractivity contribution in [3.05, 3.63) is 40.4 Å². The van der Waals surface area contributed by atoms with Crippen LogP contribution in [0.3, 0.4) is 0 Å². The highest BCUT2D eigenvalue weighted by Crippen LogP contribution is 2.24. The number of amides is 1. The van der Waals surface area contributed by atoms with Crippen molar-refractivity contribution < 1.29 is 14.7 Å². The van der Waals surface area contributed by atoms with Gasteiger partial charge in [0.05, 0.1) is 11.3 Å². The molecule has 0 spiro atoms. The lowest BCUT2D eigenvalue weighted by Crippen LogP contribution is -2.24. The number of halogens is 1. The Morgan fingerprint density at radius 1 is 1.32 bits per heavy atom. The summed E-state index contributed by atoms with van der Waals surface area (Å²) in [5.74, 6) is -1.25. The Hall–Kier alpha value is -1.62. The summed E-state index contributed by atoms with van der Waals surface area (Å²) in [5, 5.41) is 11.8. The number of carboxylic acid groups (broad SMARTS) is 1. The third-order valence-corrected chi connectivity index (χ3v) is 3.60. The predicted octanol–water partition coefficient (Wildman–Crippen LogP) is 3.44. The minimum absolute atomic E-state index is 0.0738. The minimum atomic E-state index is -1.06. The largest absolute Gasteiger partial charge is 0.478 e. The normalized spacial score (nSPS) is 18.1. The van der Waals surface area contributed by atoms with E-state index in [1.807, 2.05) is 6.08 Å². The van der Waals surface area contributed by atoms with E-state index in [1.165, 1.54) is 6.07 Å². The van der Waals surface area contributed by atoms with Crippen LogP contribution in [-0.4, -0.2) is 17.0 Å². The van der Waals surface area contributed by atoms with Gasteiger partial charge in [-0.3, -0.25) is 4.79 Å². The van der Waals surface area contributed by atoms with Crippen LogP contribution in [0.5, 0.6) is 0 Å². The topological polar surface area (TPSA) is 66.4 Å².